The number of hydrogen-bond acceptors (Lipinski definition) is 8. The fraction of sp³-hybridized carbons (Fsp3) is 0.500. The Balaban J connectivity index is 2.02. The van der Waals surface area contributed by atoms with Gasteiger partial charge in [0.1, 0.15) is 5.75 Å². The van der Waals surface area contributed by atoms with E-state index in [0.29, 0.717) is 38.0 Å². The Kier molecular flexibility index (Phi) is 9.01. The number of rotatable bonds is 11. The summed E-state index contributed by atoms with van der Waals surface area (Å²) in [5, 5.41) is 12.7. The van der Waals surface area contributed by atoms with Gasteiger partial charge in [-0.3, -0.25) is 20.3 Å². The minimum atomic E-state index is -4.30. The highest BCUT2D eigenvalue weighted by atomic mass is 32.2. The second-order valence-electron chi connectivity index (χ2n) is 8.41. The van der Waals surface area contributed by atoms with Gasteiger partial charge < -0.3 is 9.47 Å². The maximum Gasteiger partial charge on any atom is 0.280 e. The second kappa shape index (κ2) is 11.7. The number of sulfone groups is 1. The maximum atomic E-state index is 14.1. The molecule has 9 nitrogen and oxygen atoms in total. The van der Waals surface area contributed by atoms with Crippen LogP contribution >= 0.6 is 0 Å². The molecule has 1 aromatic carbocycles. The lowest BCUT2D eigenvalue weighted by molar-refractivity contribution is -0.135. The Morgan fingerprint density at radius 1 is 1.12 bits per heavy atom. The SMILES string of the molecule is CCCOC1CCC([C@](NCc2ccncc2)(C(=O)NO)S(=O)(=O)c2ccc(OC)cc2)CC1. The van der Waals surface area contributed by atoms with Crippen molar-refractivity contribution in [2.45, 2.75) is 61.4 Å². The summed E-state index contributed by atoms with van der Waals surface area (Å²) in [6.45, 7) is 2.77. The van der Waals surface area contributed by atoms with Crippen LogP contribution in [0.25, 0.3) is 0 Å². The van der Waals surface area contributed by atoms with Gasteiger partial charge in [-0.25, -0.2) is 13.9 Å². The molecule has 1 heterocycles. The van der Waals surface area contributed by atoms with E-state index < -0.39 is 26.5 Å². The van der Waals surface area contributed by atoms with Gasteiger partial charge in [0.15, 0.2) is 0 Å². The largest absolute Gasteiger partial charge is 0.497 e. The number of aromatic nitrogens is 1. The summed E-state index contributed by atoms with van der Waals surface area (Å²) >= 11 is 0. The molecule has 10 heteroatoms. The van der Waals surface area contributed by atoms with E-state index in [4.69, 9.17) is 9.47 Å². The molecule has 1 amide bonds. The number of benzene rings is 1. The third-order valence-corrected chi connectivity index (χ3v) is 8.75. The van der Waals surface area contributed by atoms with Gasteiger partial charge in [-0.05, 0) is 74.1 Å². The number of hydroxylamine groups is 1. The lowest BCUT2D eigenvalue weighted by atomic mass is 9.81. The molecule has 1 atom stereocenters. The number of nitrogens with zero attached hydrogens (tertiary/aromatic N) is 1. The van der Waals surface area contributed by atoms with Crippen LogP contribution in [-0.2, 0) is 25.9 Å². The minimum absolute atomic E-state index is 0.0231. The third-order valence-electron chi connectivity index (χ3n) is 6.34. The molecular formula is C24H33N3O6S. The monoisotopic (exact) mass is 491 g/mol. The molecule has 3 N–H and O–H groups in total. The summed E-state index contributed by atoms with van der Waals surface area (Å²) in [6, 6.07) is 9.38. The van der Waals surface area contributed by atoms with Gasteiger partial charge in [-0.2, -0.15) is 0 Å². The minimum Gasteiger partial charge on any atom is -0.497 e. The average Bonchev–Trinajstić information content (AvgIpc) is 2.88. The number of carbonyl (C=O) groups is 1. The van der Waals surface area contributed by atoms with Crippen molar-refractivity contribution < 1.29 is 27.9 Å². The summed E-state index contributed by atoms with van der Waals surface area (Å²) in [5.74, 6) is -1.10. The van der Waals surface area contributed by atoms with Gasteiger partial charge in [-0.1, -0.05) is 6.92 Å². The molecule has 1 fully saturated rings. The van der Waals surface area contributed by atoms with Crippen LogP contribution in [-0.4, -0.2) is 49.2 Å². The summed E-state index contributed by atoms with van der Waals surface area (Å²) in [4.78, 5) is 15.1. The van der Waals surface area contributed by atoms with Crippen molar-refractivity contribution in [3.05, 3.63) is 54.4 Å². The summed E-state index contributed by atoms with van der Waals surface area (Å²) in [5.41, 5.74) is 2.39. The highest BCUT2D eigenvalue weighted by Crippen LogP contribution is 2.41. The topological polar surface area (TPSA) is 127 Å². The normalized spacial score (nSPS) is 20.3. The molecule has 1 aliphatic carbocycles. The highest BCUT2D eigenvalue weighted by molar-refractivity contribution is 7.93. The van der Waals surface area contributed by atoms with Crippen molar-refractivity contribution in [3.63, 3.8) is 0 Å². The van der Waals surface area contributed by atoms with E-state index in [1.807, 2.05) is 6.92 Å². The molecule has 186 valence electrons. The molecule has 3 rings (SSSR count). The van der Waals surface area contributed by atoms with Crippen LogP contribution in [0.15, 0.2) is 53.7 Å². The molecule has 0 bridgehead atoms. The summed E-state index contributed by atoms with van der Waals surface area (Å²) < 4.78 is 39.2. The Bertz CT molecular complexity index is 1020. The van der Waals surface area contributed by atoms with Crippen LogP contribution in [0.2, 0.25) is 0 Å². The van der Waals surface area contributed by atoms with Crippen molar-refractivity contribution >= 4 is 15.7 Å². The predicted molar refractivity (Wildman–Crippen MR) is 126 cm³/mol. The number of nitrogens with one attached hydrogen (secondary N) is 2. The number of hydrogen-bond donors (Lipinski definition) is 3. The van der Waals surface area contributed by atoms with E-state index in [1.165, 1.54) is 31.4 Å². The molecule has 1 aliphatic rings. The maximum absolute atomic E-state index is 14.1. The number of carbonyl (C=O) groups excluding carboxylic acids is 1. The Morgan fingerprint density at radius 2 is 1.76 bits per heavy atom. The zero-order valence-corrected chi connectivity index (χ0v) is 20.4. The molecule has 1 aromatic heterocycles. The van der Waals surface area contributed by atoms with Crippen molar-refractivity contribution in [1.29, 1.82) is 0 Å². The smallest absolute Gasteiger partial charge is 0.280 e. The van der Waals surface area contributed by atoms with E-state index in [0.717, 1.165) is 12.0 Å². The lowest BCUT2D eigenvalue weighted by Crippen LogP contribution is -2.66. The lowest BCUT2D eigenvalue weighted by Gasteiger charge is -2.42. The first-order valence-electron chi connectivity index (χ1n) is 11.5. The Morgan fingerprint density at radius 3 is 2.32 bits per heavy atom. The average molecular weight is 492 g/mol. The first-order valence-corrected chi connectivity index (χ1v) is 13.0. The molecule has 0 unspecified atom stereocenters. The van der Waals surface area contributed by atoms with Crippen LogP contribution in [0, 0.1) is 5.92 Å². The standard InChI is InChI=1S/C24H33N3O6S/c1-3-16-33-21-6-4-19(5-7-21)24(23(28)27-29,26-17-18-12-14-25-15-13-18)34(30,31)22-10-8-20(32-2)9-11-22/h8-15,19,21,26,29H,3-7,16-17H2,1-2H3,(H,27,28)/t19?,21?,24-/m1/s1. The quantitative estimate of drug-likeness (QED) is 0.324. The van der Waals surface area contributed by atoms with E-state index in [9.17, 15) is 18.4 Å². The van der Waals surface area contributed by atoms with Crippen molar-refractivity contribution in [3.8, 4) is 5.75 Å². The third kappa shape index (κ3) is 5.41. The molecule has 0 spiro atoms. The Hall–Kier alpha value is -2.53. The molecule has 0 aliphatic heterocycles. The number of methoxy groups -OCH3 is 1. The Labute approximate surface area is 200 Å². The molecule has 34 heavy (non-hydrogen) atoms. The van der Waals surface area contributed by atoms with Crippen LogP contribution in [0.5, 0.6) is 5.75 Å². The zero-order chi connectivity index (χ0) is 24.6. The molecule has 2 aromatic rings. The van der Waals surface area contributed by atoms with Crippen LogP contribution in [0.4, 0.5) is 0 Å². The van der Waals surface area contributed by atoms with Gasteiger partial charge in [0.25, 0.3) is 5.91 Å². The molecular weight excluding hydrogens is 458 g/mol. The van der Waals surface area contributed by atoms with E-state index in [1.54, 1.807) is 30.0 Å². The number of pyridine rings is 1. The van der Waals surface area contributed by atoms with Gasteiger partial charge in [0.2, 0.25) is 14.7 Å². The summed E-state index contributed by atoms with van der Waals surface area (Å²) in [7, 11) is -2.81. The van der Waals surface area contributed by atoms with E-state index in [2.05, 4.69) is 10.3 Å². The summed E-state index contributed by atoms with van der Waals surface area (Å²) in [6.07, 6.45) is 6.25. The first-order chi connectivity index (χ1) is 16.4. The number of amides is 1. The van der Waals surface area contributed by atoms with Crippen LogP contribution in [0.1, 0.15) is 44.6 Å². The van der Waals surface area contributed by atoms with Gasteiger partial charge in [-0.15, -0.1) is 0 Å². The van der Waals surface area contributed by atoms with Crippen LogP contribution in [0.3, 0.4) is 0 Å². The van der Waals surface area contributed by atoms with Crippen molar-refractivity contribution in [2.75, 3.05) is 13.7 Å². The van der Waals surface area contributed by atoms with E-state index >= 15 is 0 Å². The van der Waals surface area contributed by atoms with Gasteiger partial charge in [0, 0.05) is 31.5 Å². The fourth-order valence-electron chi connectivity index (χ4n) is 4.52. The second-order valence-corrected chi connectivity index (χ2v) is 10.5. The number of ether oxygens (including phenoxy) is 2. The van der Waals surface area contributed by atoms with Crippen molar-refractivity contribution in [2.24, 2.45) is 5.92 Å². The van der Waals surface area contributed by atoms with Gasteiger partial charge >= 0.3 is 0 Å². The highest BCUT2D eigenvalue weighted by Gasteiger charge is 2.57. The molecule has 0 saturated heterocycles. The fourth-order valence-corrected chi connectivity index (χ4v) is 6.62. The molecule has 1 saturated carbocycles. The van der Waals surface area contributed by atoms with E-state index in [-0.39, 0.29) is 17.5 Å². The van der Waals surface area contributed by atoms with Gasteiger partial charge in [0.05, 0.1) is 18.1 Å². The van der Waals surface area contributed by atoms with Crippen molar-refractivity contribution in [1.82, 2.24) is 15.8 Å². The van der Waals surface area contributed by atoms with Crippen LogP contribution < -0.4 is 15.5 Å². The molecule has 0 radical (unpaired) electrons. The zero-order valence-electron chi connectivity index (χ0n) is 19.6. The predicted octanol–water partition coefficient (Wildman–Crippen LogP) is 2.84. The first kappa shape index (κ1) is 26.1.